The van der Waals surface area contributed by atoms with E-state index in [1.807, 2.05) is 18.2 Å². The number of piperidine rings is 1. The lowest BCUT2D eigenvalue weighted by Crippen LogP contribution is -2.45. The van der Waals surface area contributed by atoms with Gasteiger partial charge in [0.05, 0.1) is 15.7 Å². The summed E-state index contributed by atoms with van der Waals surface area (Å²) in [5.41, 5.74) is 1.06. The molecule has 0 aromatic heterocycles. The van der Waals surface area contributed by atoms with Crippen LogP contribution in [0.5, 0.6) is 0 Å². The van der Waals surface area contributed by atoms with Crippen molar-refractivity contribution < 1.29 is 0 Å². The van der Waals surface area contributed by atoms with Gasteiger partial charge in [0, 0.05) is 19.1 Å². The van der Waals surface area contributed by atoms with Crippen LogP contribution < -0.4 is 10.2 Å². The number of nitrogens with zero attached hydrogens (tertiary/aromatic N) is 1. The van der Waals surface area contributed by atoms with E-state index in [1.54, 1.807) is 0 Å². The summed E-state index contributed by atoms with van der Waals surface area (Å²) in [6.45, 7) is 5.23. The highest BCUT2D eigenvalue weighted by Crippen LogP contribution is 2.33. The van der Waals surface area contributed by atoms with E-state index < -0.39 is 0 Å². The molecule has 94 valence electrons. The molecule has 0 amide bonds. The Morgan fingerprint density at radius 1 is 1.41 bits per heavy atom. The molecule has 0 spiro atoms. The minimum atomic E-state index is 0.559. The number of nitrogens with one attached hydrogen (secondary N) is 1. The van der Waals surface area contributed by atoms with Gasteiger partial charge < -0.3 is 10.2 Å². The number of hydrogen-bond acceptors (Lipinski definition) is 2. The molecule has 1 saturated heterocycles. The number of likely N-dealkylation sites (N-methyl/N-ethyl adjacent to an activating group) is 1. The average Bonchev–Trinajstić information content (AvgIpc) is 2.33. The molecule has 1 aliphatic heterocycles. The fraction of sp³-hybridized carbons (Fsp3) is 0.538. The Labute approximate surface area is 113 Å². The lowest BCUT2D eigenvalue weighted by atomic mass is 10.0. The molecule has 0 radical (unpaired) electrons. The van der Waals surface area contributed by atoms with E-state index in [9.17, 15) is 0 Å². The highest BCUT2D eigenvalue weighted by Gasteiger charge is 2.21. The standard InChI is InChI=1S/C13H18Cl2N2/c1-2-16-10-5-4-8-17(9-10)12-7-3-6-11(14)13(12)15/h3,6-7,10,16H,2,4-5,8-9H2,1H3. The van der Waals surface area contributed by atoms with Crippen molar-refractivity contribution in [2.45, 2.75) is 25.8 Å². The van der Waals surface area contributed by atoms with Crippen LogP contribution in [0.3, 0.4) is 0 Å². The Morgan fingerprint density at radius 3 is 3.00 bits per heavy atom. The Morgan fingerprint density at radius 2 is 2.24 bits per heavy atom. The third-order valence-electron chi connectivity index (χ3n) is 3.19. The number of halogens is 2. The van der Waals surface area contributed by atoms with Crippen LogP contribution >= 0.6 is 23.2 Å². The third kappa shape index (κ3) is 3.06. The quantitative estimate of drug-likeness (QED) is 0.905. The first kappa shape index (κ1) is 13.0. The fourth-order valence-electron chi connectivity index (χ4n) is 2.39. The normalized spacial score (nSPS) is 20.6. The zero-order chi connectivity index (χ0) is 12.3. The average molecular weight is 273 g/mol. The van der Waals surface area contributed by atoms with Crippen LogP contribution in [0, 0.1) is 0 Å². The molecule has 1 atom stereocenters. The van der Waals surface area contributed by atoms with E-state index in [-0.39, 0.29) is 0 Å². The third-order valence-corrected chi connectivity index (χ3v) is 4.00. The number of hydrogen-bond donors (Lipinski definition) is 1. The van der Waals surface area contributed by atoms with Crippen LogP contribution in [0.2, 0.25) is 10.0 Å². The molecule has 0 saturated carbocycles. The number of rotatable bonds is 3. The van der Waals surface area contributed by atoms with Crippen molar-refractivity contribution in [3.05, 3.63) is 28.2 Å². The second-order valence-electron chi connectivity index (χ2n) is 4.42. The maximum atomic E-state index is 6.26. The Balaban J connectivity index is 2.13. The van der Waals surface area contributed by atoms with E-state index in [0.717, 1.165) is 25.3 Å². The van der Waals surface area contributed by atoms with Crippen molar-refractivity contribution in [2.24, 2.45) is 0 Å². The Hall–Kier alpha value is -0.440. The van der Waals surface area contributed by atoms with Gasteiger partial charge in [-0.2, -0.15) is 0 Å². The van der Waals surface area contributed by atoms with Crippen LogP contribution in [0.4, 0.5) is 5.69 Å². The van der Waals surface area contributed by atoms with Crippen LogP contribution in [0.15, 0.2) is 18.2 Å². The van der Waals surface area contributed by atoms with Crippen LogP contribution in [0.25, 0.3) is 0 Å². The van der Waals surface area contributed by atoms with E-state index in [1.165, 1.54) is 12.8 Å². The molecule has 1 aromatic rings. The largest absolute Gasteiger partial charge is 0.369 e. The molecule has 1 N–H and O–H groups in total. The molecule has 1 unspecified atom stereocenters. The molecule has 4 heteroatoms. The highest BCUT2D eigenvalue weighted by molar-refractivity contribution is 6.43. The van der Waals surface area contributed by atoms with Gasteiger partial charge in [0.15, 0.2) is 0 Å². The lowest BCUT2D eigenvalue weighted by molar-refractivity contribution is 0.431. The summed E-state index contributed by atoms with van der Waals surface area (Å²) in [6, 6.07) is 6.39. The summed E-state index contributed by atoms with van der Waals surface area (Å²) >= 11 is 12.3. The minimum Gasteiger partial charge on any atom is -0.369 e. The first-order valence-corrected chi connectivity index (χ1v) is 6.90. The monoisotopic (exact) mass is 272 g/mol. The summed E-state index contributed by atoms with van der Waals surface area (Å²) in [6.07, 6.45) is 2.43. The SMILES string of the molecule is CCNC1CCCN(c2cccc(Cl)c2Cl)C1. The van der Waals surface area contributed by atoms with Gasteiger partial charge in [-0.15, -0.1) is 0 Å². The first-order chi connectivity index (χ1) is 8.22. The zero-order valence-corrected chi connectivity index (χ0v) is 11.6. The molecule has 0 aliphatic carbocycles. The minimum absolute atomic E-state index is 0.559. The summed E-state index contributed by atoms with van der Waals surface area (Å²) in [5.74, 6) is 0. The van der Waals surface area contributed by atoms with Crippen molar-refractivity contribution in [3.8, 4) is 0 Å². The summed E-state index contributed by atoms with van der Waals surface area (Å²) in [5, 5.41) is 4.81. The smallest absolute Gasteiger partial charge is 0.0825 e. The zero-order valence-electron chi connectivity index (χ0n) is 10.0. The summed E-state index contributed by atoms with van der Waals surface area (Å²) in [7, 11) is 0. The van der Waals surface area contributed by atoms with Gasteiger partial charge in [-0.25, -0.2) is 0 Å². The molecule has 1 aliphatic rings. The topological polar surface area (TPSA) is 15.3 Å². The molecule has 2 rings (SSSR count). The van der Waals surface area contributed by atoms with Gasteiger partial charge in [0.1, 0.15) is 0 Å². The van der Waals surface area contributed by atoms with Crippen molar-refractivity contribution in [1.29, 1.82) is 0 Å². The second-order valence-corrected chi connectivity index (χ2v) is 5.20. The summed E-state index contributed by atoms with van der Waals surface area (Å²) < 4.78 is 0. The van der Waals surface area contributed by atoms with Gasteiger partial charge in [-0.3, -0.25) is 0 Å². The van der Waals surface area contributed by atoms with E-state index in [2.05, 4.69) is 17.1 Å². The van der Waals surface area contributed by atoms with Crippen molar-refractivity contribution in [2.75, 3.05) is 24.5 Å². The van der Waals surface area contributed by atoms with E-state index in [4.69, 9.17) is 23.2 Å². The first-order valence-electron chi connectivity index (χ1n) is 6.14. The van der Waals surface area contributed by atoms with Crippen molar-refractivity contribution in [1.82, 2.24) is 5.32 Å². The Bertz CT molecular complexity index is 380. The fourth-order valence-corrected chi connectivity index (χ4v) is 2.80. The second kappa shape index (κ2) is 5.94. The van der Waals surface area contributed by atoms with Crippen molar-refractivity contribution in [3.63, 3.8) is 0 Å². The number of benzene rings is 1. The summed E-state index contributed by atoms with van der Waals surface area (Å²) in [4.78, 5) is 2.32. The molecule has 1 heterocycles. The molecular formula is C13H18Cl2N2. The van der Waals surface area contributed by atoms with Crippen molar-refractivity contribution >= 4 is 28.9 Å². The van der Waals surface area contributed by atoms with Gasteiger partial charge in [-0.05, 0) is 31.5 Å². The molecule has 2 nitrogen and oxygen atoms in total. The molecule has 1 fully saturated rings. The number of anilines is 1. The van der Waals surface area contributed by atoms with Gasteiger partial charge >= 0.3 is 0 Å². The maximum absolute atomic E-state index is 6.26. The maximum Gasteiger partial charge on any atom is 0.0825 e. The van der Waals surface area contributed by atoms with Gasteiger partial charge in [-0.1, -0.05) is 36.2 Å². The van der Waals surface area contributed by atoms with Crippen LogP contribution in [-0.2, 0) is 0 Å². The van der Waals surface area contributed by atoms with E-state index >= 15 is 0 Å². The van der Waals surface area contributed by atoms with Crippen LogP contribution in [-0.4, -0.2) is 25.7 Å². The Kier molecular flexibility index (Phi) is 4.55. The predicted octanol–water partition coefficient (Wildman–Crippen LogP) is 3.57. The molecule has 1 aromatic carbocycles. The molecular weight excluding hydrogens is 255 g/mol. The van der Waals surface area contributed by atoms with Gasteiger partial charge in [0.25, 0.3) is 0 Å². The van der Waals surface area contributed by atoms with Gasteiger partial charge in [0.2, 0.25) is 0 Å². The van der Waals surface area contributed by atoms with E-state index in [0.29, 0.717) is 16.1 Å². The predicted molar refractivity (Wildman–Crippen MR) is 75.4 cm³/mol. The highest BCUT2D eigenvalue weighted by atomic mass is 35.5. The van der Waals surface area contributed by atoms with Crippen LogP contribution in [0.1, 0.15) is 19.8 Å². The molecule has 0 bridgehead atoms. The lowest BCUT2D eigenvalue weighted by Gasteiger charge is -2.35. The molecule has 17 heavy (non-hydrogen) atoms.